The molecule has 0 radical (unpaired) electrons. The first-order valence-corrected chi connectivity index (χ1v) is 5.11. The number of aliphatic carboxylic acids is 1. The molecule has 6 nitrogen and oxygen atoms in total. The van der Waals surface area contributed by atoms with E-state index in [-0.39, 0.29) is 16.1 Å². The molecule has 2 N–H and O–H groups in total. The third kappa shape index (κ3) is 2.00. The molecule has 18 heavy (non-hydrogen) atoms. The number of nitrogens with zero attached hydrogens (tertiary/aromatic N) is 1. The van der Waals surface area contributed by atoms with E-state index >= 15 is 0 Å². The van der Waals surface area contributed by atoms with Gasteiger partial charge in [0, 0.05) is 0 Å². The minimum Gasteiger partial charge on any atom is -0.480 e. The molecule has 8 heteroatoms. The minimum atomic E-state index is -1.32. The predicted molar refractivity (Wildman–Crippen MR) is 61.4 cm³/mol. The molecule has 1 heterocycles. The number of rotatable bonds is 2. The SMILES string of the molecule is O=C(O)Cn1c(=O)c(=O)[nH]c2cc(F)cc(Cl)c21. The van der Waals surface area contributed by atoms with Gasteiger partial charge in [-0.1, -0.05) is 11.6 Å². The van der Waals surface area contributed by atoms with Gasteiger partial charge in [0.25, 0.3) is 0 Å². The van der Waals surface area contributed by atoms with Gasteiger partial charge < -0.3 is 10.1 Å². The van der Waals surface area contributed by atoms with Crippen LogP contribution in [0.5, 0.6) is 0 Å². The molecule has 1 aromatic heterocycles. The van der Waals surface area contributed by atoms with E-state index in [2.05, 4.69) is 4.98 Å². The summed E-state index contributed by atoms with van der Waals surface area (Å²) < 4.78 is 13.8. The number of hydrogen-bond acceptors (Lipinski definition) is 3. The highest BCUT2D eigenvalue weighted by molar-refractivity contribution is 6.34. The standard InChI is InChI=1S/C10H6ClFN2O4/c11-5-1-4(12)2-6-8(5)14(3-7(15)16)10(18)9(17)13-6/h1-2H,3H2,(H,13,17)(H,15,16). The van der Waals surface area contributed by atoms with Crippen LogP contribution in [0.15, 0.2) is 21.7 Å². The summed E-state index contributed by atoms with van der Waals surface area (Å²) in [6, 6.07) is 1.89. The Morgan fingerprint density at radius 1 is 1.44 bits per heavy atom. The molecule has 0 atom stereocenters. The highest BCUT2D eigenvalue weighted by Gasteiger charge is 2.14. The third-order valence-electron chi connectivity index (χ3n) is 2.28. The Morgan fingerprint density at radius 2 is 2.11 bits per heavy atom. The molecule has 0 saturated carbocycles. The monoisotopic (exact) mass is 272 g/mol. The van der Waals surface area contributed by atoms with E-state index < -0.39 is 29.4 Å². The summed E-state index contributed by atoms with van der Waals surface area (Å²) in [4.78, 5) is 35.7. The zero-order valence-electron chi connectivity index (χ0n) is 8.74. The van der Waals surface area contributed by atoms with Crippen LogP contribution in [0.25, 0.3) is 11.0 Å². The molecular weight excluding hydrogens is 267 g/mol. The number of fused-ring (bicyclic) bond motifs is 1. The number of benzene rings is 1. The molecule has 2 aromatic rings. The Morgan fingerprint density at radius 3 is 2.72 bits per heavy atom. The number of carboxylic acid groups (broad SMARTS) is 1. The van der Waals surface area contributed by atoms with Crippen LogP contribution in [-0.4, -0.2) is 20.6 Å². The Hall–Kier alpha value is -2.15. The lowest BCUT2D eigenvalue weighted by atomic mass is 10.3. The second-order valence-corrected chi connectivity index (χ2v) is 3.93. The zero-order valence-corrected chi connectivity index (χ0v) is 9.49. The van der Waals surface area contributed by atoms with E-state index in [9.17, 15) is 18.8 Å². The third-order valence-corrected chi connectivity index (χ3v) is 2.57. The van der Waals surface area contributed by atoms with Crippen LogP contribution in [0.2, 0.25) is 5.02 Å². The van der Waals surface area contributed by atoms with Gasteiger partial charge in [-0.3, -0.25) is 19.0 Å². The van der Waals surface area contributed by atoms with Gasteiger partial charge in [0.1, 0.15) is 12.4 Å². The lowest BCUT2D eigenvalue weighted by Crippen LogP contribution is -2.38. The van der Waals surface area contributed by atoms with E-state index in [1.54, 1.807) is 0 Å². The first kappa shape index (κ1) is 12.3. The highest BCUT2D eigenvalue weighted by atomic mass is 35.5. The van der Waals surface area contributed by atoms with Gasteiger partial charge in [0.05, 0.1) is 16.1 Å². The summed E-state index contributed by atoms with van der Waals surface area (Å²) in [6.45, 7) is -0.732. The van der Waals surface area contributed by atoms with E-state index in [4.69, 9.17) is 16.7 Å². The number of H-pyrrole nitrogens is 1. The maximum Gasteiger partial charge on any atom is 0.323 e. The topological polar surface area (TPSA) is 92.2 Å². The van der Waals surface area contributed by atoms with E-state index in [1.165, 1.54) is 0 Å². The molecule has 0 unspecified atom stereocenters. The van der Waals surface area contributed by atoms with Crippen molar-refractivity contribution in [1.82, 2.24) is 9.55 Å². The second-order valence-electron chi connectivity index (χ2n) is 3.52. The van der Waals surface area contributed by atoms with Crippen molar-refractivity contribution in [3.63, 3.8) is 0 Å². The zero-order chi connectivity index (χ0) is 13.4. The fraction of sp³-hybridized carbons (Fsp3) is 0.100. The average molecular weight is 273 g/mol. The minimum absolute atomic E-state index is 0.0231. The van der Waals surface area contributed by atoms with Gasteiger partial charge in [-0.2, -0.15) is 0 Å². The number of carbonyl (C=O) groups is 1. The molecule has 0 amide bonds. The number of hydrogen-bond donors (Lipinski definition) is 2. The Bertz CT molecular complexity index is 765. The molecule has 0 aliphatic rings. The Kier molecular flexibility index (Phi) is 2.92. The first-order chi connectivity index (χ1) is 8.40. The van der Waals surface area contributed by atoms with Crippen LogP contribution in [0.4, 0.5) is 4.39 Å². The predicted octanol–water partition coefficient (Wildman–Crippen LogP) is 0.567. The van der Waals surface area contributed by atoms with Crippen molar-refractivity contribution in [1.29, 1.82) is 0 Å². The quantitative estimate of drug-likeness (QED) is 0.782. The van der Waals surface area contributed by atoms with Gasteiger partial charge >= 0.3 is 17.1 Å². The van der Waals surface area contributed by atoms with Gasteiger partial charge in [-0.05, 0) is 12.1 Å². The maximum atomic E-state index is 13.1. The van der Waals surface area contributed by atoms with Gasteiger partial charge in [-0.15, -0.1) is 0 Å². The Balaban J connectivity index is 2.97. The molecule has 0 fully saturated rings. The molecule has 0 aliphatic carbocycles. The number of aromatic nitrogens is 2. The fourth-order valence-corrected chi connectivity index (χ4v) is 1.93. The van der Waals surface area contributed by atoms with Crippen LogP contribution in [0.3, 0.4) is 0 Å². The number of aromatic amines is 1. The van der Waals surface area contributed by atoms with Crippen molar-refractivity contribution in [2.75, 3.05) is 0 Å². The first-order valence-electron chi connectivity index (χ1n) is 4.74. The average Bonchev–Trinajstić information content (AvgIpc) is 2.23. The van der Waals surface area contributed by atoms with Crippen molar-refractivity contribution in [2.24, 2.45) is 0 Å². The van der Waals surface area contributed by atoms with Crippen molar-refractivity contribution in [3.05, 3.63) is 43.7 Å². The molecule has 94 valence electrons. The smallest absolute Gasteiger partial charge is 0.323 e. The van der Waals surface area contributed by atoms with Gasteiger partial charge in [0.2, 0.25) is 0 Å². The fourth-order valence-electron chi connectivity index (χ4n) is 1.62. The molecule has 2 rings (SSSR count). The second kappa shape index (κ2) is 4.26. The van der Waals surface area contributed by atoms with Crippen LogP contribution < -0.4 is 11.1 Å². The van der Waals surface area contributed by atoms with E-state index in [0.29, 0.717) is 4.57 Å². The van der Waals surface area contributed by atoms with Crippen molar-refractivity contribution in [2.45, 2.75) is 6.54 Å². The Labute approximate surface area is 103 Å². The van der Waals surface area contributed by atoms with E-state index in [1.807, 2.05) is 0 Å². The van der Waals surface area contributed by atoms with Crippen LogP contribution in [-0.2, 0) is 11.3 Å². The van der Waals surface area contributed by atoms with Crippen molar-refractivity contribution < 1.29 is 14.3 Å². The largest absolute Gasteiger partial charge is 0.480 e. The number of nitrogens with one attached hydrogen (secondary N) is 1. The molecule has 0 aliphatic heterocycles. The number of carboxylic acids is 1. The summed E-state index contributed by atoms with van der Waals surface area (Å²) in [5.41, 5.74) is -2.15. The van der Waals surface area contributed by atoms with Gasteiger partial charge in [-0.25, -0.2) is 4.39 Å². The summed E-state index contributed by atoms with van der Waals surface area (Å²) in [5.74, 6) is -2.02. The normalized spacial score (nSPS) is 10.8. The van der Waals surface area contributed by atoms with Gasteiger partial charge in [0.15, 0.2) is 0 Å². The summed E-state index contributed by atoms with van der Waals surface area (Å²) in [6.07, 6.45) is 0. The summed E-state index contributed by atoms with van der Waals surface area (Å²) in [7, 11) is 0. The van der Waals surface area contributed by atoms with Crippen LogP contribution >= 0.6 is 11.6 Å². The van der Waals surface area contributed by atoms with Crippen molar-refractivity contribution >= 4 is 28.6 Å². The molecule has 0 saturated heterocycles. The molecule has 1 aromatic carbocycles. The van der Waals surface area contributed by atoms with Crippen LogP contribution in [0.1, 0.15) is 0 Å². The highest BCUT2D eigenvalue weighted by Crippen LogP contribution is 2.21. The molecule has 0 bridgehead atoms. The summed E-state index contributed by atoms with van der Waals surface area (Å²) in [5, 5.41) is 8.54. The lowest BCUT2D eigenvalue weighted by Gasteiger charge is -2.08. The number of halogens is 2. The molecule has 0 spiro atoms. The molecular formula is C10H6ClFN2O4. The lowest BCUT2D eigenvalue weighted by molar-refractivity contribution is -0.137. The summed E-state index contributed by atoms with van der Waals surface area (Å²) >= 11 is 5.76. The van der Waals surface area contributed by atoms with Crippen molar-refractivity contribution in [3.8, 4) is 0 Å². The van der Waals surface area contributed by atoms with E-state index in [0.717, 1.165) is 12.1 Å². The maximum absolute atomic E-state index is 13.1. The van der Waals surface area contributed by atoms with Crippen LogP contribution in [0, 0.1) is 5.82 Å².